The predicted molar refractivity (Wildman–Crippen MR) is 81.7 cm³/mol. The minimum atomic E-state index is -0.0432. The van der Waals surface area contributed by atoms with Crippen LogP contribution < -0.4 is 11.1 Å². The van der Waals surface area contributed by atoms with Gasteiger partial charge in [-0.15, -0.1) is 0 Å². The van der Waals surface area contributed by atoms with Crippen molar-refractivity contribution in [3.63, 3.8) is 0 Å². The summed E-state index contributed by atoms with van der Waals surface area (Å²) in [6, 6.07) is 2.18. The normalized spacial score (nSPS) is 12.3. The number of nitrogens with one attached hydrogen (secondary N) is 1. The van der Waals surface area contributed by atoms with E-state index in [4.69, 9.17) is 5.73 Å². The van der Waals surface area contributed by atoms with E-state index in [1.807, 2.05) is 26.2 Å². The SMILES string of the molecule is Cc1nn(CC(=O)NC(C)Cc2ccsc2)c(C)c1N. The summed E-state index contributed by atoms with van der Waals surface area (Å²) < 4.78 is 1.65. The number of hydrogen-bond donors (Lipinski definition) is 2. The lowest BCUT2D eigenvalue weighted by Crippen LogP contribution is -2.36. The fourth-order valence-electron chi connectivity index (χ4n) is 2.13. The number of anilines is 1. The van der Waals surface area contributed by atoms with Gasteiger partial charge in [-0.1, -0.05) is 0 Å². The Hall–Kier alpha value is -1.82. The van der Waals surface area contributed by atoms with Gasteiger partial charge in [-0.3, -0.25) is 9.48 Å². The van der Waals surface area contributed by atoms with Gasteiger partial charge < -0.3 is 11.1 Å². The Morgan fingerprint density at radius 3 is 2.85 bits per heavy atom. The number of aryl methyl sites for hydroxylation is 1. The van der Waals surface area contributed by atoms with Crippen LogP contribution in [0.2, 0.25) is 0 Å². The lowest BCUT2D eigenvalue weighted by molar-refractivity contribution is -0.122. The summed E-state index contributed by atoms with van der Waals surface area (Å²) in [4.78, 5) is 12.0. The molecule has 2 aromatic heterocycles. The molecular weight excluding hydrogens is 272 g/mol. The van der Waals surface area contributed by atoms with Crippen molar-refractivity contribution in [3.05, 3.63) is 33.8 Å². The van der Waals surface area contributed by atoms with E-state index in [0.29, 0.717) is 5.69 Å². The molecule has 3 N–H and O–H groups in total. The quantitative estimate of drug-likeness (QED) is 0.884. The molecule has 0 radical (unpaired) electrons. The maximum atomic E-state index is 12.0. The van der Waals surface area contributed by atoms with Crippen LogP contribution in [0.5, 0.6) is 0 Å². The second-order valence-corrected chi connectivity index (χ2v) is 5.83. The van der Waals surface area contributed by atoms with Gasteiger partial charge in [-0.05, 0) is 49.6 Å². The minimum Gasteiger partial charge on any atom is -0.396 e. The summed E-state index contributed by atoms with van der Waals surface area (Å²) in [6.07, 6.45) is 0.842. The van der Waals surface area contributed by atoms with Crippen LogP contribution in [0, 0.1) is 13.8 Å². The first-order chi connectivity index (χ1) is 9.47. The highest BCUT2D eigenvalue weighted by Crippen LogP contribution is 2.14. The van der Waals surface area contributed by atoms with Gasteiger partial charge in [0.15, 0.2) is 0 Å². The zero-order valence-corrected chi connectivity index (χ0v) is 12.8. The number of hydrogen-bond acceptors (Lipinski definition) is 4. The Morgan fingerprint density at radius 1 is 1.55 bits per heavy atom. The van der Waals surface area contributed by atoms with E-state index >= 15 is 0 Å². The van der Waals surface area contributed by atoms with Crippen LogP contribution in [0.1, 0.15) is 23.9 Å². The van der Waals surface area contributed by atoms with Crippen LogP contribution in [0.4, 0.5) is 5.69 Å². The third-order valence-corrected chi connectivity index (χ3v) is 3.99. The lowest BCUT2D eigenvalue weighted by Gasteiger charge is -2.13. The van der Waals surface area contributed by atoms with Crippen LogP contribution in [-0.4, -0.2) is 21.7 Å². The molecule has 20 heavy (non-hydrogen) atoms. The van der Waals surface area contributed by atoms with Gasteiger partial charge in [-0.2, -0.15) is 16.4 Å². The summed E-state index contributed by atoms with van der Waals surface area (Å²) >= 11 is 1.67. The largest absolute Gasteiger partial charge is 0.396 e. The molecule has 108 valence electrons. The molecule has 0 spiro atoms. The second-order valence-electron chi connectivity index (χ2n) is 5.05. The molecule has 5 nitrogen and oxygen atoms in total. The number of nitrogens with zero attached hydrogens (tertiary/aromatic N) is 2. The Morgan fingerprint density at radius 2 is 2.30 bits per heavy atom. The number of thiophene rings is 1. The highest BCUT2D eigenvalue weighted by molar-refractivity contribution is 7.07. The van der Waals surface area contributed by atoms with Gasteiger partial charge in [0.1, 0.15) is 6.54 Å². The maximum Gasteiger partial charge on any atom is 0.241 e. The van der Waals surface area contributed by atoms with Crippen molar-refractivity contribution in [1.29, 1.82) is 0 Å². The fourth-order valence-corrected chi connectivity index (χ4v) is 2.82. The summed E-state index contributed by atoms with van der Waals surface area (Å²) in [6.45, 7) is 5.93. The fraction of sp³-hybridized carbons (Fsp3) is 0.429. The molecular formula is C14H20N4OS. The molecule has 0 aromatic carbocycles. The summed E-state index contributed by atoms with van der Waals surface area (Å²) in [5.74, 6) is -0.0432. The molecule has 0 bridgehead atoms. The van der Waals surface area contributed by atoms with Crippen molar-refractivity contribution in [2.75, 3.05) is 5.73 Å². The third-order valence-electron chi connectivity index (χ3n) is 3.26. The van der Waals surface area contributed by atoms with Crippen molar-refractivity contribution in [3.8, 4) is 0 Å². The third kappa shape index (κ3) is 3.39. The zero-order chi connectivity index (χ0) is 14.7. The van der Waals surface area contributed by atoms with Gasteiger partial charge in [0.05, 0.1) is 17.1 Å². The van der Waals surface area contributed by atoms with Crippen LogP contribution in [0.25, 0.3) is 0 Å². The summed E-state index contributed by atoms with van der Waals surface area (Å²) in [5.41, 5.74) is 9.36. The highest BCUT2D eigenvalue weighted by Gasteiger charge is 2.13. The molecule has 1 atom stereocenters. The van der Waals surface area contributed by atoms with Gasteiger partial charge in [-0.25, -0.2) is 0 Å². The van der Waals surface area contributed by atoms with E-state index in [2.05, 4.69) is 21.9 Å². The van der Waals surface area contributed by atoms with E-state index in [0.717, 1.165) is 17.8 Å². The Labute approximate surface area is 122 Å². The Bertz CT molecular complexity index is 589. The topological polar surface area (TPSA) is 72.9 Å². The minimum absolute atomic E-state index is 0.0432. The van der Waals surface area contributed by atoms with Crippen LogP contribution in [0.15, 0.2) is 16.8 Å². The first-order valence-corrected chi connectivity index (χ1v) is 7.51. The Balaban J connectivity index is 1.90. The number of aromatic nitrogens is 2. The standard InChI is InChI=1S/C14H20N4OS/c1-9(6-12-4-5-20-8-12)16-13(19)7-18-11(3)14(15)10(2)17-18/h4-5,8-9H,6-7,15H2,1-3H3,(H,16,19). The molecule has 6 heteroatoms. The van der Waals surface area contributed by atoms with Crippen LogP contribution in [0.3, 0.4) is 0 Å². The maximum absolute atomic E-state index is 12.0. The predicted octanol–water partition coefficient (Wildman–Crippen LogP) is 1.89. The summed E-state index contributed by atoms with van der Waals surface area (Å²) in [5, 5.41) is 11.4. The smallest absolute Gasteiger partial charge is 0.241 e. The molecule has 2 aromatic rings. The molecule has 0 fully saturated rings. The number of carbonyl (C=O) groups excluding carboxylic acids is 1. The molecule has 1 unspecified atom stereocenters. The molecule has 1 amide bonds. The average molecular weight is 292 g/mol. The lowest BCUT2D eigenvalue weighted by atomic mass is 10.1. The number of nitrogen functional groups attached to an aromatic ring is 1. The van der Waals surface area contributed by atoms with Gasteiger partial charge in [0, 0.05) is 6.04 Å². The van der Waals surface area contributed by atoms with Crippen molar-refractivity contribution in [2.45, 2.75) is 39.8 Å². The van der Waals surface area contributed by atoms with E-state index in [1.165, 1.54) is 5.56 Å². The number of nitrogens with two attached hydrogens (primary N) is 1. The molecule has 0 saturated heterocycles. The number of rotatable bonds is 5. The molecule has 0 aliphatic heterocycles. The van der Waals surface area contributed by atoms with E-state index in [9.17, 15) is 4.79 Å². The van der Waals surface area contributed by atoms with Crippen molar-refractivity contribution < 1.29 is 4.79 Å². The van der Waals surface area contributed by atoms with E-state index in [-0.39, 0.29) is 18.5 Å². The van der Waals surface area contributed by atoms with Crippen LogP contribution >= 0.6 is 11.3 Å². The first-order valence-electron chi connectivity index (χ1n) is 6.57. The van der Waals surface area contributed by atoms with Crippen molar-refractivity contribution >= 4 is 22.9 Å². The zero-order valence-electron chi connectivity index (χ0n) is 12.0. The molecule has 2 heterocycles. The van der Waals surface area contributed by atoms with E-state index < -0.39 is 0 Å². The number of amides is 1. The molecule has 0 saturated carbocycles. The first kappa shape index (κ1) is 14.6. The second kappa shape index (κ2) is 6.09. The Kier molecular flexibility index (Phi) is 4.44. The number of carbonyl (C=O) groups is 1. The van der Waals surface area contributed by atoms with E-state index in [1.54, 1.807) is 16.0 Å². The molecule has 2 rings (SSSR count). The van der Waals surface area contributed by atoms with Crippen molar-refractivity contribution in [2.24, 2.45) is 0 Å². The molecule has 0 aliphatic carbocycles. The van der Waals surface area contributed by atoms with Gasteiger partial charge in [0.25, 0.3) is 0 Å². The average Bonchev–Trinajstić information content (AvgIpc) is 2.95. The van der Waals surface area contributed by atoms with Crippen LogP contribution in [-0.2, 0) is 17.8 Å². The van der Waals surface area contributed by atoms with Gasteiger partial charge >= 0.3 is 0 Å². The van der Waals surface area contributed by atoms with Gasteiger partial charge in [0.2, 0.25) is 5.91 Å². The van der Waals surface area contributed by atoms with Crippen molar-refractivity contribution in [1.82, 2.24) is 15.1 Å². The summed E-state index contributed by atoms with van der Waals surface area (Å²) in [7, 11) is 0. The highest BCUT2D eigenvalue weighted by atomic mass is 32.1. The monoisotopic (exact) mass is 292 g/mol. The molecule has 0 aliphatic rings.